The standard InChI is InChI=1S/C14H14N2O2/c1-9-6-13(11-4-5-15-10(2)7-11)16-8-12(9)14(17)18-3/h4-8H,1-3H3. The highest BCUT2D eigenvalue weighted by atomic mass is 16.5. The first kappa shape index (κ1) is 12.2. The number of rotatable bonds is 2. The molecule has 4 nitrogen and oxygen atoms in total. The summed E-state index contributed by atoms with van der Waals surface area (Å²) < 4.78 is 4.69. The minimum Gasteiger partial charge on any atom is -0.465 e. The van der Waals surface area contributed by atoms with E-state index in [9.17, 15) is 4.79 Å². The first-order chi connectivity index (χ1) is 8.61. The van der Waals surface area contributed by atoms with Gasteiger partial charge >= 0.3 is 5.97 Å². The molecule has 0 N–H and O–H groups in total. The summed E-state index contributed by atoms with van der Waals surface area (Å²) in [5.74, 6) is -0.363. The van der Waals surface area contributed by atoms with Gasteiger partial charge in [-0.2, -0.15) is 0 Å². The Bertz CT molecular complexity index is 594. The smallest absolute Gasteiger partial charge is 0.339 e. The molecule has 92 valence electrons. The van der Waals surface area contributed by atoms with Gasteiger partial charge in [0.25, 0.3) is 0 Å². The van der Waals surface area contributed by atoms with Gasteiger partial charge in [0.15, 0.2) is 0 Å². The van der Waals surface area contributed by atoms with Gasteiger partial charge in [-0.15, -0.1) is 0 Å². The molecule has 2 heterocycles. The summed E-state index contributed by atoms with van der Waals surface area (Å²) in [6.07, 6.45) is 3.29. The number of methoxy groups -OCH3 is 1. The highest BCUT2D eigenvalue weighted by Gasteiger charge is 2.11. The second-order valence-corrected chi connectivity index (χ2v) is 4.06. The Morgan fingerprint density at radius 2 is 2.00 bits per heavy atom. The lowest BCUT2D eigenvalue weighted by Crippen LogP contribution is -2.04. The molecule has 0 bridgehead atoms. The first-order valence-electron chi connectivity index (χ1n) is 5.60. The molecule has 0 saturated heterocycles. The van der Waals surface area contributed by atoms with E-state index in [-0.39, 0.29) is 5.97 Å². The van der Waals surface area contributed by atoms with E-state index >= 15 is 0 Å². The minimum atomic E-state index is -0.363. The fourth-order valence-corrected chi connectivity index (χ4v) is 1.74. The Hall–Kier alpha value is -2.23. The number of esters is 1. The normalized spacial score (nSPS) is 10.2. The summed E-state index contributed by atoms with van der Waals surface area (Å²) in [5.41, 5.74) is 4.09. The summed E-state index contributed by atoms with van der Waals surface area (Å²) in [7, 11) is 1.36. The summed E-state index contributed by atoms with van der Waals surface area (Å²) >= 11 is 0. The van der Waals surface area contributed by atoms with E-state index < -0.39 is 0 Å². The van der Waals surface area contributed by atoms with Crippen molar-refractivity contribution in [1.29, 1.82) is 0 Å². The molecule has 2 aromatic heterocycles. The van der Waals surface area contributed by atoms with Crippen molar-refractivity contribution in [2.75, 3.05) is 7.11 Å². The third-order valence-corrected chi connectivity index (χ3v) is 2.71. The van der Waals surface area contributed by atoms with Crippen LogP contribution in [0, 0.1) is 13.8 Å². The predicted octanol–water partition coefficient (Wildman–Crippen LogP) is 2.55. The third kappa shape index (κ3) is 2.37. The number of carbonyl (C=O) groups excluding carboxylic acids is 1. The lowest BCUT2D eigenvalue weighted by molar-refractivity contribution is 0.0599. The molecule has 0 aliphatic rings. The molecule has 4 heteroatoms. The van der Waals surface area contributed by atoms with Crippen LogP contribution in [0.3, 0.4) is 0 Å². The summed E-state index contributed by atoms with van der Waals surface area (Å²) in [5, 5.41) is 0. The van der Waals surface area contributed by atoms with Crippen LogP contribution in [-0.2, 0) is 4.74 Å². The predicted molar refractivity (Wildman–Crippen MR) is 68.3 cm³/mol. The molecule has 0 atom stereocenters. The van der Waals surface area contributed by atoms with Gasteiger partial charge in [0.1, 0.15) is 0 Å². The molecular formula is C14H14N2O2. The number of ether oxygens (including phenoxy) is 1. The van der Waals surface area contributed by atoms with E-state index in [1.54, 1.807) is 12.4 Å². The molecule has 0 radical (unpaired) electrons. The van der Waals surface area contributed by atoms with Crippen molar-refractivity contribution in [1.82, 2.24) is 9.97 Å². The zero-order valence-corrected chi connectivity index (χ0v) is 10.6. The topological polar surface area (TPSA) is 52.1 Å². The molecule has 0 aliphatic carbocycles. The summed E-state index contributed by atoms with van der Waals surface area (Å²) in [6.45, 7) is 3.80. The van der Waals surface area contributed by atoms with Gasteiger partial charge in [0, 0.05) is 23.7 Å². The Balaban J connectivity index is 2.43. The van der Waals surface area contributed by atoms with Gasteiger partial charge in [0.2, 0.25) is 0 Å². The fourth-order valence-electron chi connectivity index (χ4n) is 1.74. The molecule has 2 aromatic rings. The van der Waals surface area contributed by atoms with Gasteiger partial charge in [-0.3, -0.25) is 9.97 Å². The maximum absolute atomic E-state index is 11.5. The van der Waals surface area contributed by atoms with Crippen LogP contribution in [0.4, 0.5) is 0 Å². The number of pyridine rings is 2. The van der Waals surface area contributed by atoms with E-state index in [0.29, 0.717) is 5.56 Å². The molecule has 2 rings (SSSR count). The van der Waals surface area contributed by atoms with E-state index in [0.717, 1.165) is 22.5 Å². The van der Waals surface area contributed by atoms with Crippen LogP contribution in [0.1, 0.15) is 21.6 Å². The Labute approximate surface area is 106 Å². The molecule has 0 amide bonds. The van der Waals surface area contributed by atoms with Gasteiger partial charge < -0.3 is 4.74 Å². The number of hydrogen-bond acceptors (Lipinski definition) is 4. The zero-order chi connectivity index (χ0) is 13.1. The van der Waals surface area contributed by atoms with Crippen LogP contribution in [0.2, 0.25) is 0 Å². The van der Waals surface area contributed by atoms with Crippen molar-refractivity contribution >= 4 is 5.97 Å². The van der Waals surface area contributed by atoms with Crippen molar-refractivity contribution < 1.29 is 9.53 Å². The third-order valence-electron chi connectivity index (χ3n) is 2.71. The number of aryl methyl sites for hydroxylation is 2. The minimum absolute atomic E-state index is 0.363. The second-order valence-electron chi connectivity index (χ2n) is 4.06. The largest absolute Gasteiger partial charge is 0.465 e. The highest BCUT2D eigenvalue weighted by molar-refractivity contribution is 5.91. The Morgan fingerprint density at radius 3 is 2.61 bits per heavy atom. The van der Waals surface area contributed by atoms with Crippen molar-refractivity contribution in [3.63, 3.8) is 0 Å². The van der Waals surface area contributed by atoms with E-state index in [1.807, 2.05) is 32.0 Å². The SMILES string of the molecule is COC(=O)c1cnc(-c2ccnc(C)c2)cc1C. The molecule has 0 fully saturated rings. The monoisotopic (exact) mass is 242 g/mol. The first-order valence-corrected chi connectivity index (χ1v) is 5.60. The number of aromatic nitrogens is 2. The van der Waals surface area contributed by atoms with Gasteiger partial charge in [0.05, 0.1) is 18.4 Å². The van der Waals surface area contributed by atoms with Crippen LogP contribution < -0.4 is 0 Å². The maximum atomic E-state index is 11.5. The number of hydrogen-bond donors (Lipinski definition) is 0. The van der Waals surface area contributed by atoms with E-state index in [1.165, 1.54) is 7.11 Å². The van der Waals surface area contributed by atoms with Crippen LogP contribution in [0.15, 0.2) is 30.6 Å². The molecule has 0 saturated carbocycles. The molecule has 0 spiro atoms. The van der Waals surface area contributed by atoms with Crippen LogP contribution in [0.5, 0.6) is 0 Å². The van der Waals surface area contributed by atoms with Crippen LogP contribution in [-0.4, -0.2) is 23.0 Å². The van der Waals surface area contributed by atoms with Gasteiger partial charge in [-0.25, -0.2) is 4.79 Å². The van der Waals surface area contributed by atoms with Crippen LogP contribution in [0.25, 0.3) is 11.3 Å². The Morgan fingerprint density at radius 1 is 1.22 bits per heavy atom. The van der Waals surface area contributed by atoms with E-state index in [2.05, 4.69) is 9.97 Å². The molecule has 0 unspecified atom stereocenters. The quantitative estimate of drug-likeness (QED) is 0.759. The lowest BCUT2D eigenvalue weighted by atomic mass is 10.1. The summed E-state index contributed by atoms with van der Waals surface area (Å²) in [6, 6.07) is 5.73. The van der Waals surface area contributed by atoms with Crippen molar-refractivity contribution in [3.05, 3.63) is 47.4 Å². The summed E-state index contributed by atoms with van der Waals surface area (Å²) in [4.78, 5) is 19.9. The second kappa shape index (κ2) is 4.96. The lowest BCUT2D eigenvalue weighted by Gasteiger charge is -2.06. The number of carbonyl (C=O) groups is 1. The molecular weight excluding hydrogens is 228 g/mol. The highest BCUT2D eigenvalue weighted by Crippen LogP contribution is 2.20. The zero-order valence-electron chi connectivity index (χ0n) is 10.6. The van der Waals surface area contributed by atoms with Crippen molar-refractivity contribution in [2.45, 2.75) is 13.8 Å². The van der Waals surface area contributed by atoms with Crippen molar-refractivity contribution in [2.24, 2.45) is 0 Å². The van der Waals surface area contributed by atoms with Gasteiger partial charge in [-0.1, -0.05) is 0 Å². The van der Waals surface area contributed by atoms with Gasteiger partial charge in [-0.05, 0) is 37.6 Å². The molecule has 0 aromatic carbocycles. The molecule has 0 aliphatic heterocycles. The maximum Gasteiger partial charge on any atom is 0.339 e. The average molecular weight is 242 g/mol. The molecule has 18 heavy (non-hydrogen) atoms. The van der Waals surface area contributed by atoms with Crippen LogP contribution >= 0.6 is 0 Å². The average Bonchev–Trinajstić information content (AvgIpc) is 2.37. The fraction of sp³-hybridized carbons (Fsp3) is 0.214. The van der Waals surface area contributed by atoms with Crippen molar-refractivity contribution in [3.8, 4) is 11.3 Å². The Kier molecular flexibility index (Phi) is 3.37. The number of nitrogens with zero attached hydrogens (tertiary/aromatic N) is 2. The van der Waals surface area contributed by atoms with E-state index in [4.69, 9.17) is 4.74 Å².